The van der Waals surface area contributed by atoms with Gasteiger partial charge in [-0.05, 0) is 40.9 Å². The van der Waals surface area contributed by atoms with Crippen LogP contribution in [-0.2, 0) is 4.79 Å². The number of carbonyl (C=O) groups is 2. The molecule has 3 amide bonds. The summed E-state index contributed by atoms with van der Waals surface area (Å²) >= 11 is 4.69. The summed E-state index contributed by atoms with van der Waals surface area (Å²) in [4.78, 5) is 25.5. The summed E-state index contributed by atoms with van der Waals surface area (Å²) in [5, 5.41) is 17.7. The minimum atomic E-state index is -0.723. The highest BCUT2D eigenvalue weighted by molar-refractivity contribution is 9.10. The number of aryl methyl sites for hydroxylation is 1. The molecule has 2 unspecified atom stereocenters. The molecular weight excluding hydrogens is 478 g/mol. The van der Waals surface area contributed by atoms with Crippen LogP contribution >= 0.6 is 27.3 Å². The molecule has 162 valence electrons. The number of anilines is 2. The summed E-state index contributed by atoms with van der Waals surface area (Å²) in [5.74, 6) is -0.405. The average Bonchev–Trinajstić information content (AvgIpc) is 3.22. The van der Waals surface area contributed by atoms with Gasteiger partial charge in [0.25, 0.3) is 0 Å². The Labute approximate surface area is 193 Å². The highest BCUT2D eigenvalue weighted by Gasteiger charge is 2.27. The van der Waals surface area contributed by atoms with E-state index in [2.05, 4.69) is 42.1 Å². The standard InChI is InChI=1S/C22H24BrN5O2S/c1-4-14(3)18(25-21(30)24-17-8-6-5-7-16(17)23)19(29)26-22-28-27-20(31-22)15-11-9-13(2)10-12-15/h5-12,14,18H,4H2,1-3H3,(H2,24,25,30)(H,26,28,29). The van der Waals surface area contributed by atoms with E-state index in [4.69, 9.17) is 0 Å². The zero-order chi connectivity index (χ0) is 22.4. The van der Waals surface area contributed by atoms with Crippen LogP contribution in [0.5, 0.6) is 0 Å². The van der Waals surface area contributed by atoms with Crippen molar-refractivity contribution in [3.05, 3.63) is 58.6 Å². The maximum absolute atomic E-state index is 12.9. The summed E-state index contributed by atoms with van der Waals surface area (Å²) in [7, 11) is 0. The van der Waals surface area contributed by atoms with Crippen LogP contribution in [0.25, 0.3) is 10.6 Å². The first-order chi connectivity index (χ1) is 14.9. The van der Waals surface area contributed by atoms with Gasteiger partial charge in [-0.15, -0.1) is 10.2 Å². The molecule has 1 heterocycles. The van der Waals surface area contributed by atoms with E-state index in [1.807, 2.05) is 63.2 Å². The van der Waals surface area contributed by atoms with Crippen molar-refractivity contribution in [2.45, 2.75) is 33.2 Å². The van der Waals surface area contributed by atoms with E-state index in [0.29, 0.717) is 10.8 Å². The van der Waals surface area contributed by atoms with E-state index in [9.17, 15) is 9.59 Å². The molecule has 3 aromatic rings. The third-order valence-electron chi connectivity index (χ3n) is 4.86. The van der Waals surface area contributed by atoms with E-state index in [1.165, 1.54) is 11.3 Å². The number of halogens is 1. The van der Waals surface area contributed by atoms with Gasteiger partial charge in [-0.1, -0.05) is 73.6 Å². The molecule has 9 heteroatoms. The predicted octanol–water partition coefficient (Wildman–Crippen LogP) is 5.45. The maximum Gasteiger partial charge on any atom is 0.319 e. The van der Waals surface area contributed by atoms with Gasteiger partial charge in [0.1, 0.15) is 11.0 Å². The summed E-state index contributed by atoms with van der Waals surface area (Å²) in [6.45, 7) is 5.91. The van der Waals surface area contributed by atoms with E-state index in [1.54, 1.807) is 6.07 Å². The summed E-state index contributed by atoms with van der Waals surface area (Å²) in [5.41, 5.74) is 2.72. The van der Waals surface area contributed by atoms with Crippen molar-refractivity contribution in [3.63, 3.8) is 0 Å². The quantitative estimate of drug-likeness (QED) is 0.400. The van der Waals surface area contributed by atoms with Crippen molar-refractivity contribution in [2.75, 3.05) is 10.6 Å². The fraction of sp³-hybridized carbons (Fsp3) is 0.273. The molecule has 1 aromatic heterocycles. The Morgan fingerprint density at radius 1 is 1.06 bits per heavy atom. The highest BCUT2D eigenvalue weighted by atomic mass is 79.9. The van der Waals surface area contributed by atoms with Crippen LogP contribution < -0.4 is 16.0 Å². The zero-order valence-corrected chi connectivity index (χ0v) is 19.9. The number of hydrogen-bond donors (Lipinski definition) is 3. The Hall–Kier alpha value is -2.78. The van der Waals surface area contributed by atoms with Crippen molar-refractivity contribution in [2.24, 2.45) is 5.92 Å². The van der Waals surface area contributed by atoms with Crippen LogP contribution in [0.3, 0.4) is 0 Å². The van der Waals surface area contributed by atoms with Gasteiger partial charge < -0.3 is 10.6 Å². The van der Waals surface area contributed by atoms with Crippen LogP contribution in [0.2, 0.25) is 0 Å². The van der Waals surface area contributed by atoms with E-state index < -0.39 is 12.1 Å². The Balaban J connectivity index is 1.68. The van der Waals surface area contributed by atoms with Gasteiger partial charge in [-0.3, -0.25) is 10.1 Å². The van der Waals surface area contributed by atoms with E-state index >= 15 is 0 Å². The number of rotatable bonds is 7. The van der Waals surface area contributed by atoms with Crippen molar-refractivity contribution in [1.82, 2.24) is 15.5 Å². The molecule has 2 atom stereocenters. The molecule has 7 nitrogen and oxygen atoms in total. The second-order valence-corrected chi connectivity index (χ2v) is 9.04. The predicted molar refractivity (Wildman–Crippen MR) is 128 cm³/mol. The lowest BCUT2D eigenvalue weighted by molar-refractivity contribution is -0.119. The van der Waals surface area contributed by atoms with Gasteiger partial charge in [-0.2, -0.15) is 0 Å². The van der Waals surface area contributed by atoms with Crippen LogP contribution in [0.15, 0.2) is 53.0 Å². The minimum absolute atomic E-state index is 0.0746. The fourth-order valence-electron chi connectivity index (χ4n) is 2.83. The van der Waals surface area contributed by atoms with Gasteiger partial charge >= 0.3 is 6.03 Å². The van der Waals surface area contributed by atoms with Crippen molar-refractivity contribution in [3.8, 4) is 10.6 Å². The lowest BCUT2D eigenvalue weighted by Crippen LogP contribution is -2.49. The van der Waals surface area contributed by atoms with Gasteiger partial charge in [-0.25, -0.2) is 4.79 Å². The van der Waals surface area contributed by atoms with E-state index in [0.717, 1.165) is 27.0 Å². The first kappa shape index (κ1) is 22.9. The molecule has 0 fully saturated rings. The second kappa shape index (κ2) is 10.5. The number of aromatic nitrogens is 2. The Bertz CT molecular complexity index is 1050. The Morgan fingerprint density at radius 2 is 1.77 bits per heavy atom. The van der Waals surface area contributed by atoms with Crippen LogP contribution in [-0.4, -0.2) is 28.2 Å². The van der Waals surface area contributed by atoms with Gasteiger partial charge in [0.15, 0.2) is 0 Å². The number of carbonyl (C=O) groups excluding carboxylic acids is 2. The Morgan fingerprint density at radius 3 is 2.45 bits per heavy atom. The molecule has 0 aliphatic heterocycles. The van der Waals surface area contributed by atoms with Crippen LogP contribution in [0.1, 0.15) is 25.8 Å². The number of nitrogens with one attached hydrogen (secondary N) is 3. The molecule has 0 saturated carbocycles. The number of benzene rings is 2. The first-order valence-corrected chi connectivity index (χ1v) is 11.5. The lowest BCUT2D eigenvalue weighted by Gasteiger charge is -2.23. The van der Waals surface area contributed by atoms with E-state index in [-0.39, 0.29) is 11.8 Å². The number of amides is 3. The minimum Gasteiger partial charge on any atom is -0.326 e. The van der Waals surface area contributed by atoms with Crippen molar-refractivity contribution in [1.29, 1.82) is 0 Å². The molecule has 0 radical (unpaired) electrons. The molecule has 31 heavy (non-hydrogen) atoms. The monoisotopic (exact) mass is 501 g/mol. The first-order valence-electron chi connectivity index (χ1n) is 9.90. The lowest BCUT2D eigenvalue weighted by atomic mass is 9.98. The third-order valence-corrected chi connectivity index (χ3v) is 6.44. The summed E-state index contributed by atoms with van der Waals surface area (Å²) in [6, 6.07) is 14.0. The van der Waals surface area contributed by atoms with Gasteiger partial charge in [0.2, 0.25) is 11.0 Å². The Kier molecular flexibility index (Phi) is 7.75. The maximum atomic E-state index is 12.9. The molecular formula is C22H24BrN5O2S. The molecule has 0 saturated heterocycles. The molecule has 3 rings (SSSR count). The second-order valence-electron chi connectivity index (χ2n) is 7.21. The zero-order valence-electron chi connectivity index (χ0n) is 17.5. The molecule has 0 aliphatic rings. The van der Waals surface area contributed by atoms with Crippen LogP contribution in [0.4, 0.5) is 15.6 Å². The molecule has 3 N–H and O–H groups in total. The summed E-state index contributed by atoms with van der Waals surface area (Å²) in [6.07, 6.45) is 0.720. The van der Waals surface area contributed by atoms with Crippen LogP contribution in [0, 0.1) is 12.8 Å². The third kappa shape index (κ3) is 6.11. The SMILES string of the molecule is CCC(C)C(NC(=O)Nc1ccccc1Br)C(=O)Nc1nnc(-c2ccc(C)cc2)s1. The number of hydrogen-bond acceptors (Lipinski definition) is 5. The van der Waals surface area contributed by atoms with Gasteiger partial charge in [0.05, 0.1) is 5.69 Å². The summed E-state index contributed by atoms with van der Waals surface area (Å²) < 4.78 is 0.757. The number of nitrogens with zero attached hydrogens (tertiary/aromatic N) is 2. The molecule has 2 aromatic carbocycles. The normalized spacial score (nSPS) is 12.6. The largest absolute Gasteiger partial charge is 0.326 e. The molecule has 0 aliphatic carbocycles. The molecule has 0 bridgehead atoms. The number of para-hydroxylation sites is 1. The number of urea groups is 1. The van der Waals surface area contributed by atoms with Crippen molar-refractivity contribution >= 4 is 50.0 Å². The highest BCUT2D eigenvalue weighted by Crippen LogP contribution is 2.27. The smallest absolute Gasteiger partial charge is 0.319 e. The van der Waals surface area contributed by atoms with Crippen molar-refractivity contribution < 1.29 is 9.59 Å². The topological polar surface area (TPSA) is 96.0 Å². The average molecular weight is 502 g/mol. The fourth-order valence-corrected chi connectivity index (χ4v) is 3.97. The van der Waals surface area contributed by atoms with Gasteiger partial charge in [0, 0.05) is 10.0 Å². The molecule has 0 spiro atoms.